The number of rotatable bonds is 7. The normalized spacial score (nSPS) is 17.6. The van der Waals surface area contributed by atoms with Gasteiger partial charge in [-0.25, -0.2) is 0 Å². The number of nitrogens with zero attached hydrogens (tertiary/aromatic N) is 3. The van der Waals surface area contributed by atoms with Crippen molar-refractivity contribution in [3.63, 3.8) is 0 Å². The number of halogens is 3. The fraction of sp³-hybridized carbons (Fsp3) is 0.450. The van der Waals surface area contributed by atoms with Gasteiger partial charge in [0.05, 0.1) is 24.2 Å². The smallest absolute Gasteiger partial charge is 0.353 e. The number of hydrogen-bond acceptors (Lipinski definition) is 4. The van der Waals surface area contributed by atoms with Crippen molar-refractivity contribution in [2.75, 3.05) is 26.7 Å². The number of likely N-dealkylation sites (N-methyl/N-ethyl adjacent to an activating group) is 1. The van der Waals surface area contributed by atoms with Crippen molar-refractivity contribution in [3.05, 3.63) is 53.3 Å². The van der Waals surface area contributed by atoms with Crippen LogP contribution in [0.2, 0.25) is 0 Å². The molecule has 162 valence electrons. The standard InChI is InChI=1S/C20H24F3N5O2/c1-27(8-6-14-11-25-26-12-14)18(29)10-17-19(30)24-7-9-28(17)13-15-4-2-3-5-16(15)20(21,22)23/h2-5,11-12,17H,6-10,13H2,1H3,(H,24,30)(H,25,26)/t17-/m0/s1. The third-order valence-electron chi connectivity index (χ3n) is 5.22. The molecule has 3 rings (SSSR count). The molecule has 30 heavy (non-hydrogen) atoms. The van der Waals surface area contributed by atoms with Gasteiger partial charge in [-0.3, -0.25) is 19.6 Å². The molecule has 1 aromatic carbocycles. The lowest BCUT2D eigenvalue weighted by molar-refractivity contribution is -0.140. The third-order valence-corrected chi connectivity index (χ3v) is 5.22. The Morgan fingerprint density at radius 3 is 2.80 bits per heavy atom. The Labute approximate surface area is 172 Å². The summed E-state index contributed by atoms with van der Waals surface area (Å²) in [6.07, 6.45) is -0.549. The summed E-state index contributed by atoms with van der Waals surface area (Å²) in [7, 11) is 1.65. The van der Waals surface area contributed by atoms with Crippen LogP contribution in [-0.4, -0.2) is 64.5 Å². The van der Waals surface area contributed by atoms with E-state index in [0.717, 1.165) is 11.6 Å². The van der Waals surface area contributed by atoms with Crippen LogP contribution in [0.4, 0.5) is 13.2 Å². The summed E-state index contributed by atoms with van der Waals surface area (Å²) in [6.45, 7) is 1.09. The van der Waals surface area contributed by atoms with Crippen LogP contribution in [0.25, 0.3) is 0 Å². The predicted molar refractivity (Wildman–Crippen MR) is 103 cm³/mol. The summed E-state index contributed by atoms with van der Waals surface area (Å²) in [6, 6.07) is 4.50. The molecule has 0 spiro atoms. The summed E-state index contributed by atoms with van der Waals surface area (Å²) in [5.41, 5.74) is 0.319. The van der Waals surface area contributed by atoms with Gasteiger partial charge in [0.15, 0.2) is 0 Å². The lowest BCUT2D eigenvalue weighted by atomic mass is 10.0. The van der Waals surface area contributed by atoms with Crippen molar-refractivity contribution < 1.29 is 22.8 Å². The number of carbonyl (C=O) groups excluding carboxylic acids is 2. The Balaban J connectivity index is 1.68. The van der Waals surface area contributed by atoms with Gasteiger partial charge in [0.25, 0.3) is 0 Å². The number of aromatic nitrogens is 2. The van der Waals surface area contributed by atoms with Crippen LogP contribution in [0.5, 0.6) is 0 Å². The number of alkyl halides is 3. The van der Waals surface area contributed by atoms with Crippen molar-refractivity contribution in [1.82, 2.24) is 25.3 Å². The molecule has 0 saturated carbocycles. The van der Waals surface area contributed by atoms with Crippen molar-refractivity contribution in [2.24, 2.45) is 0 Å². The van der Waals surface area contributed by atoms with E-state index in [1.807, 2.05) is 0 Å². The quantitative estimate of drug-likeness (QED) is 0.712. The van der Waals surface area contributed by atoms with E-state index in [9.17, 15) is 22.8 Å². The lowest BCUT2D eigenvalue weighted by Gasteiger charge is -2.36. The number of carbonyl (C=O) groups is 2. The van der Waals surface area contributed by atoms with Gasteiger partial charge in [0.2, 0.25) is 11.8 Å². The fourth-order valence-corrected chi connectivity index (χ4v) is 3.48. The predicted octanol–water partition coefficient (Wildman–Crippen LogP) is 1.82. The molecule has 1 fully saturated rings. The van der Waals surface area contributed by atoms with Gasteiger partial charge < -0.3 is 10.2 Å². The van der Waals surface area contributed by atoms with Gasteiger partial charge in [-0.05, 0) is 23.6 Å². The Morgan fingerprint density at radius 1 is 1.33 bits per heavy atom. The number of hydrogen-bond donors (Lipinski definition) is 2. The number of aromatic amines is 1. The van der Waals surface area contributed by atoms with Crippen molar-refractivity contribution in [1.29, 1.82) is 0 Å². The summed E-state index contributed by atoms with van der Waals surface area (Å²) < 4.78 is 40.0. The minimum Gasteiger partial charge on any atom is -0.353 e. The van der Waals surface area contributed by atoms with E-state index in [1.54, 1.807) is 30.4 Å². The monoisotopic (exact) mass is 423 g/mol. The number of piperazine rings is 1. The molecule has 7 nitrogen and oxygen atoms in total. The minimum atomic E-state index is -4.48. The van der Waals surface area contributed by atoms with Crippen molar-refractivity contribution >= 4 is 11.8 Å². The van der Waals surface area contributed by atoms with Gasteiger partial charge in [0, 0.05) is 39.4 Å². The fourth-order valence-electron chi connectivity index (χ4n) is 3.48. The summed E-state index contributed by atoms with van der Waals surface area (Å²) in [4.78, 5) is 28.2. The van der Waals surface area contributed by atoms with Crippen LogP contribution in [-0.2, 0) is 28.7 Å². The molecule has 1 aliphatic heterocycles. The number of amides is 2. The molecule has 0 unspecified atom stereocenters. The SMILES string of the molecule is CN(CCc1cn[nH]c1)C(=O)C[C@H]1C(=O)NCCN1Cc1ccccc1C(F)(F)F. The second-order valence-electron chi connectivity index (χ2n) is 7.31. The Hall–Kier alpha value is -2.88. The minimum absolute atomic E-state index is 0.0558. The maximum Gasteiger partial charge on any atom is 0.416 e. The molecule has 0 aliphatic carbocycles. The number of H-pyrrole nitrogens is 1. The van der Waals surface area contributed by atoms with E-state index in [-0.39, 0.29) is 30.3 Å². The third kappa shape index (κ3) is 5.38. The van der Waals surface area contributed by atoms with Gasteiger partial charge in [-0.1, -0.05) is 18.2 Å². The average Bonchev–Trinajstić information content (AvgIpc) is 3.22. The number of benzene rings is 1. The molecule has 0 radical (unpaired) electrons. The first-order valence-corrected chi connectivity index (χ1v) is 9.64. The highest BCUT2D eigenvalue weighted by atomic mass is 19.4. The van der Waals surface area contributed by atoms with Crippen LogP contribution in [0.15, 0.2) is 36.7 Å². The Bertz CT molecular complexity index is 870. The summed E-state index contributed by atoms with van der Waals surface area (Å²) in [5.74, 6) is -0.586. The van der Waals surface area contributed by atoms with Gasteiger partial charge in [0.1, 0.15) is 0 Å². The van der Waals surface area contributed by atoms with E-state index in [2.05, 4.69) is 15.5 Å². The Morgan fingerprint density at radius 2 is 2.10 bits per heavy atom. The van der Waals surface area contributed by atoms with E-state index < -0.39 is 17.8 Å². The first-order valence-electron chi connectivity index (χ1n) is 9.64. The van der Waals surface area contributed by atoms with Gasteiger partial charge in [-0.15, -0.1) is 0 Å². The molecule has 1 aromatic heterocycles. The van der Waals surface area contributed by atoms with E-state index in [1.165, 1.54) is 17.0 Å². The Kier molecular flexibility index (Phi) is 6.76. The largest absolute Gasteiger partial charge is 0.416 e. The first-order chi connectivity index (χ1) is 14.3. The van der Waals surface area contributed by atoms with Crippen molar-refractivity contribution in [3.8, 4) is 0 Å². The maximum atomic E-state index is 13.3. The molecular formula is C20H24F3N5O2. The molecule has 2 N–H and O–H groups in total. The summed E-state index contributed by atoms with van der Waals surface area (Å²) in [5, 5.41) is 9.27. The zero-order chi connectivity index (χ0) is 21.7. The molecule has 2 amide bonds. The molecule has 1 aliphatic rings. The zero-order valence-electron chi connectivity index (χ0n) is 16.6. The zero-order valence-corrected chi connectivity index (χ0v) is 16.6. The highest BCUT2D eigenvalue weighted by Gasteiger charge is 2.36. The topological polar surface area (TPSA) is 81.3 Å². The van der Waals surface area contributed by atoms with E-state index in [4.69, 9.17) is 0 Å². The van der Waals surface area contributed by atoms with Crippen LogP contribution >= 0.6 is 0 Å². The maximum absolute atomic E-state index is 13.3. The average molecular weight is 423 g/mol. The van der Waals surface area contributed by atoms with Crippen LogP contribution in [0.1, 0.15) is 23.1 Å². The highest BCUT2D eigenvalue weighted by molar-refractivity contribution is 5.88. The van der Waals surface area contributed by atoms with Gasteiger partial charge >= 0.3 is 6.18 Å². The highest BCUT2D eigenvalue weighted by Crippen LogP contribution is 2.32. The van der Waals surface area contributed by atoms with Crippen LogP contribution in [0, 0.1) is 0 Å². The first kappa shape index (κ1) is 21.8. The molecule has 0 bridgehead atoms. The molecule has 2 heterocycles. The molecule has 1 saturated heterocycles. The van der Waals surface area contributed by atoms with E-state index >= 15 is 0 Å². The molecule has 1 atom stereocenters. The second-order valence-corrected chi connectivity index (χ2v) is 7.31. The molecular weight excluding hydrogens is 399 g/mol. The number of nitrogens with one attached hydrogen (secondary N) is 2. The second kappa shape index (κ2) is 9.29. The van der Waals surface area contributed by atoms with E-state index in [0.29, 0.717) is 26.1 Å². The lowest BCUT2D eigenvalue weighted by Crippen LogP contribution is -2.56. The van der Waals surface area contributed by atoms with Gasteiger partial charge in [-0.2, -0.15) is 18.3 Å². The molecule has 2 aromatic rings. The van der Waals surface area contributed by atoms with Crippen molar-refractivity contribution in [2.45, 2.75) is 31.6 Å². The molecule has 10 heteroatoms. The van der Waals surface area contributed by atoms with Crippen LogP contribution in [0.3, 0.4) is 0 Å². The summed E-state index contributed by atoms with van der Waals surface area (Å²) >= 11 is 0. The van der Waals surface area contributed by atoms with Crippen LogP contribution < -0.4 is 5.32 Å².